The Bertz CT molecular complexity index is 3710. The van der Waals surface area contributed by atoms with Gasteiger partial charge in [0.25, 0.3) is 6.71 Å². The summed E-state index contributed by atoms with van der Waals surface area (Å²) in [5.74, 6) is 0. The van der Waals surface area contributed by atoms with Crippen LogP contribution in [0.4, 0.5) is 51.2 Å². The molecule has 0 saturated heterocycles. The maximum absolute atomic E-state index is 9.64. The number of para-hydroxylation sites is 5. The van der Waals surface area contributed by atoms with Gasteiger partial charge in [0.2, 0.25) is 0 Å². The molecule has 0 bridgehead atoms. The van der Waals surface area contributed by atoms with Gasteiger partial charge in [-0.3, -0.25) is 0 Å². The second kappa shape index (κ2) is 12.1. The van der Waals surface area contributed by atoms with Gasteiger partial charge in [0.1, 0.15) is 0 Å². The standard InChI is InChI=1S/C51H38BN3/c1-51(2)42-32-39(53(35-18-7-3-8-19-35)36-20-9-4-10-21-36)30-31-40(42)41-33-49-45(34-43(41)51)52-44-26-15-16-27-46(44)54(37-22-11-5-12-23-37)47-28-17-29-48(50(47)52)55(49)38-24-13-6-14-25-38/h3-34H,1-2H3/i3D,4D,5D,7D,8D,9D,10D,11D,12D,15D,16D,18D,19D,20D,21D,22D,23D,26D,27D. The zero-order valence-electron chi connectivity index (χ0n) is 48.4. The van der Waals surface area contributed by atoms with Crippen molar-refractivity contribution < 1.29 is 26.0 Å². The first kappa shape index (κ1) is 18.0. The van der Waals surface area contributed by atoms with Gasteiger partial charge in [-0.05, 0) is 123 Å². The Labute approximate surface area is 350 Å². The molecule has 0 fully saturated rings. The minimum Gasteiger partial charge on any atom is -0.311 e. The molecule has 0 N–H and O–H groups in total. The molecule has 0 spiro atoms. The molecular formula is C51H38BN3. The number of hydrogen-bond donors (Lipinski definition) is 0. The van der Waals surface area contributed by atoms with Crippen molar-refractivity contribution in [1.29, 1.82) is 0 Å². The summed E-state index contributed by atoms with van der Waals surface area (Å²) in [4.78, 5) is 4.50. The van der Waals surface area contributed by atoms with E-state index in [1.54, 1.807) is 30.3 Å². The van der Waals surface area contributed by atoms with E-state index in [0.29, 0.717) is 44.8 Å². The summed E-state index contributed by atoms with van der Waals surface area (Å²) in [7, 11) is 0. The highest BCUT2D eigenvalue weighted by atomic mass is 15.2. The number of fused-ring (bicyclic) bond motifs is 7. The lowest BCUT2D eigenvalue weighted by atomic mass is 9.33. The van der Waals surface area contributed by atoms with Gasteiger partial charge >= 0.3 is 0 Å². The molecule has 3 aliphatic rings. The van der Waals surface area contributed by atoms with Crippen LogP contribution in [0.5, 0.6) is 0 Å². The Morgan fingerprint density at radius 2 is 1.07 bits per heavy atom. The van der Waals surface area contributed by atoms with Crippen LogP contribution in [0.15, 0.2) is 194 Å². The molecule has 0 saturated carbocycles. The second-order valence-corrected chi connectivity index (χ2v) is 14.0. The van der Waals surface area contributed by atoms with E-state index in [1.165, 1.54) is 4.90 Å². The summed E-state index contributed by atoms with van der Waals surface area (Å²) < 4.78 is 168. The molecule has 11 rings (SSSR count). The lowest BCUT2D eigenvalue weighted by Crippen LogP contribution is -2.61. The van der Waals surface area contributed by atoms with Gasteiger partial charge in [0.15, 0.2) is 0 Å². The quantitative estimate of drug-likeness (QED) is 0.164. The smallest absolute Gasteiger partial charge is 0.252 e. The zero-order valence-corrected chi connectivity index (χ0v) is 29.4. The maximum Gasteiger partial charge on any atom is 0.252 e. The highest BCUT2D eigenvalue weighted by Gasteiger charge is 2.45. The normalized spacial score (nSPS) is 18.9. The lowest BCUT2D eigenvalue weighted by Gasteiger charge is -2.44. The molecule has 260 valence electrons. The van der Waals surface area contributed by atoms with Crippen molar-refractivity contribution in [3.63, 3.8) is 0 Å². The predicted molar refractivity (Wildman–Crippen MR) is 233 cm³/mol. The van der Waals surface area contributed by atoms with Crippen LogP contribution in [0.2, 0.25) is 0 Å². The first-order chi connectivity index (χ1) is 34.9. The van der Waals surface area contributed by atoms with Crippen molar-refractivity contribution in [1.82, 2.24) is 0 Å². The van der Waals surface area contributed by atoms with E-state index in [4.69, 9.17) is 23.3 Å². The van der Waals surface area contributed by atoms with Crippen LogP contribution in [0.3, 0.4) is 0 Å². The van der Waals surface area contributed by atoms with Crippen LogP contribution in [-0.2, 0) is 5.41 Å². The van der Waals surface area contributed by atoms with Crippen LogP contribution < -0.4 is 31.1 Å². The number of anilines is 9. The Hall–Kier alpha value is -6.78. The van der Waals surface area contributed by atoms with Gasteiger partial charge in [-0.15, -0.1) is 0 Å². The van der Waals surface area contributed by atoms with Gasteiger partial charge in [-0.2, -0.15) is 0 Å². The first-order valence-electron chi connectivity index (χ1n) is 27.2. The van der Waals surface area contributed by atoms with Gasteiger partial charge in [-0.25, -0.2) is 0 Å². The summed E-state index contributed by atoms with van der Waals surface area (Å²) in [5.41, 5.74) is 4.28. The lowest BCUT2D eigenvalue weighted by molar-refractivity contribution is 0.661. The molecule has 3 nitrogen and oxygen atoms in total. The summed E-state index contributed by atoms with van der Waals surface area (Å²) >= 11 is 0. The Morgan fingerprint density at radius 1 is 0.473 bits per heavy atom. The summed E-state index contributed by atoms with van der Waals surface area (Å²) in [6, 6.07) is 11.9. The SMILES string of the molecule is [2H]c1c([2H])c([2H])c(N(c2ccc3c(c2)C(C)(C)c2cc4c(cc2-3)N(c2ccccc2)c2cccc3c2B4c2c([2H])c([2H])c([2H])c([2H])c2N3c2c([2H])c([2H])c([2H])c([2H])c2[2H])c2c([2H])c([2H])c([2H])c([2H])c2[2H])c([2H])c1[2H]. The highest BCUT2D eigenvalue weighted by Crippen LogP contribution is 2.53. The molecule has 0 atom stereocenters. The Kier molecular flexibility index (Phi) is 3.98. The molecule has 0 unspecified atom stereocenters. The van der Waals surface area contributed by atoms with E-state index in [-0.39, 0.29) is 22.5 Å². The van der Waals surface area contributed by atoms with Crippen molar-refractivity contribution in [3.8, 4) is 11.1 Å². The van der Waals surface area contributed by atoms with Crippen molar-refractivity contribution in [2.75, 3.05) is 14.7 Å². The second-order valence-electron chi connectivity index (χ2n) is 14.0. The third kappa shape index (κ3) is 4.71. The van der Waals surface area contributed by atoms with Crippen LogP contribution >= 0.6 is 0 Å². The van der Waals surface area contributed by atoms with Gasteiger partial charge < -0.3 is 14.7 Å². The Morgan fingerprint density at radius 3 is 1.76 bits per heavy atom. The van der Waals surface area contributed by atoms with E-state index >= 15 is 0 Å². The predicted octanol–water partition coefficient (Wildman–Crippen LogP) is 11.5. The van der Waals surface area contributed by atoms with Gasteiger partial charge in [0.05, 0.1) is 26.0 Å². The zero-order chi connectivity index (χ0) is 53.2. The average Bonchev–Trinajstić information content (AvgIpc) is 3.66. The molecule has 55 heavy (non-hydrogen) atoms. The molecule has 2 heterocycles. The molecular weight excluding hydrogens is 665 g/mol. The summed E-state index contributed by atoms with van der Waals surface area (Å²) in [6.45, 7) is 2.97. The maximum atomic E-state index is 9.64. The topological polar surface area (TPSA) is 9.72 Å². The average molecular weight is 723 g/mol. The van der Waals surface area contributed by atoms with Crippen molar-refractivity contribution in [2.24, 2.45) is 0 Å². The van der Waals surface area contributed by atoms with E-state index < -0.39 is 138 Å². The number of hydrogen-bond acceptors (Lipinski definition) is 3. The molecule has 8 aromatic rings. The number of rotatable bonds is 5. The van der Waals surface area contributed by atoms with E-state index in [1.807, 2.05) is 67.3 Å². The first-order valence-corrected chi connectivity index (χ1v) is 17.7. The van der Waals surface area contributed by atoms with Crippen molar-refractivity contribution in [3.05, 3.63) is 205 Å². The highest BCUT2D eigenvalue weighted by molar-refractivity contribution is 7.00. The fourth-order valence-corrected chi connectivity index (χ4v) is 8.49. The fraction of sp³-hybridized carbons (Fsp3) is 0.0588. The van der Waals surface area contributed by atoms with Gasteiger partial charge in [-0.1, -0.05) is 123 Å². The molecule has 8 aromatic carbocycles. The van der Waals surface area contributed by atoms with E-state index in [2.05, 4.69) is 0 Å². The van der Waals surface area contributed by atoms with Crippen LogP contribution in [0.25, 0.3) is 11.1 Å². The third-order valence-corrected chi connectivity index (χ3v) is 10.8. The molecule has 2 aliphatic heterocycles. The molecule has 1 aliphatic carbocycles. The summed E-state index contributed by atoms with van der Waals surface area (Å²) in [6.07, 6.45) is 0. The van der Waals surface area contributed by atoms with E-state index in [0.717, 1.165) is 16.0 Å². The van der Waals surface area contributed by atoms with E-state index in [9.17, 15) is 2.74 Å². The van der Waals surface area contributed by atoms with Crippen LogP contribution in [0.1, 0.15) is 51.0 Å². The van der Waals surface area contributed by atoms with Gasteiger partial charge in [0, 0.05) is 56.6 Å². The molecule has 4 heteroatoms. The minimum atomic E-state index is -0.953. The third-order valence-electron chi connectivity index (χ3n) is 10.8. The molecule has 0 radical (unpaired) electrons. The number of nitrogens with zero attached hydrogens (tertiary/aromatic N) is 3. The summed E-state index contributed by atoms with van der Waals surface area (Å²) in [5, 5.41) is 0. The molecule has 0 aromatic heterocycles. The Balaban J connectivity index is 1.20. The van der Waals surface area contributed by atoms with Crippen LogP contribution in [0, 0.1) is 0 Å². The number of benzene rings is 8. The van der Waals surface area contributed by atoms with Crippen molar-refractivity contribution in [2.45, 2.75) is 19.3 Å². The fourth-order valence-electron chi connectivity index (χ4n) is 8.49. The monoisotopic (exact) mass is 722 g/mol. The minimum absolute atomic E-state index is 0.0867. The molecule has 0 amide bonds. The van der Waals surface area contributed by atoms with Crippen LogP contribution in [-0.4, -0.2) is 6.71 Å². The largest absolute Gasteiger partial charge is 0.311 e. The van der Waals surface area contributed by atoms with Crippen molar-refractivity contribution >= 4 is 74.3 Å².